The van der Waals surface area contributed by atoms with Gasteiger partial charge in [0.15, 0.2) is 0 Å². The molecule has 0 saturated carbocycles. The Morgan fingerprint density at radius 1 is 1.30 bits per heavy atom. The minimum absolute atomic E-state index is 0.158. The lowest BCUT2D eigenvalue weighted by Crippen LogP contribution is -2.39. The molecule has 0 aliphatic carbocycles. The number of piperidine rings is 1. The molecule has 0 aromatic heterocycles. The first-order valence-electron chi connectivity index (χ1n) is 8.33. The Hall–Kier alpha value is -1.40. The number of rotatable bonds is 6. The fourth-order valence-corrected chi connectivity index (χ4v) is 4.37. The molecule has 1 fully saturated rings. The molecule has 1 aromatic rings. The van der Waals surface area contributed by atoms with Gasteiger partial charge in [-0.15, -0.1) is 0 Å². The standard InChI is InChI=1S/C17H26N2O3S/c1-3-4-11-18-17(20)15-7-9-16(10-8-15)23(21,22)19-12-5-6-14(2)13-19/h7-10,14H,3-6,11-13H2,1-2H3,(H,18,20). The minimum atomic E-state index is -3.46. The smallest absolute Gasteiger partial charge is 0.251 e. The van der Waals surface area contributed by atoms with E-state index in [1.165, 1.54) is 12.1 Å². The predicted octanol–water partition coefficient (Wildman–Crippen LogP) is 2.64. The lowest BCUT2D eigenvalue weighted by molar-refractivity contribution is 0.0953. The van der Waals surface area contributed by atoms with Crippen LogP contribution in [0, 0.1) is 5.92 Å². The van der Waals surface area contributed by atoms with Gasteiger partial charge in [-0.3, -0.25) is 4.79 Å². The Labute approximate surface area is 139 Å². The van der Waals surface area contributed by atoms with E-state index in [2.05, 4.69) is 19.2 Å². The van der Waals surface area contributed by atoms with Crippen LogP contribution in [0.15, 0.2) is 29.2 Å². The summed E-state index contributed by atoms with van der Waals surface area (Å²) in [5, 5.41) is 2.83. The fraction of sp³-hybridized carbons (Fsp3) is 0.588. The van der Waals surface area contributed by atoms with Crippen molar-refractivity contribution in [2.75, 3.05) is 19.6 Å². The van der Waals surface area contributed by atoms with Crippen molar-refractivity contribution in [2.24, 2.45) is 5.92 Å². The topological polar surface area (TPSA) is 66.5 Å². The Balaban J connectivity index is 2.07. The van der Waals surface area contributed by atoms with E-state index in [9.17, 15) is 13.2 Å². The van der Waals surface area contributed by atoms with Crippen molar-refractivity contribution in [3.63, 3.8) is 0 Å². The minimum Gasteiger partial charge on any atom is -0.352 e. The summed E-state index contributed by atoms with van der Waals surface area (Å²) in [6, 6.07) is 6.23. The summed E-state index contributed by atoms with van der Waals surface area (Å²) in [6.45, 7) is 5.92. The monoisotopic (exact) mass is 338 g/mol. The number of hydrogen-bond acceptors (Lipinski definition) is 3. The van der Waals surface area contributed by atoms with Crippen molar-refractivity contribution < 1.29 is 13.2 Å². The molecule has 1 N–H and O–H groups in total. The van der Waals surface area contributed by atoms with Crippen LogP contribution in [0.1, 0.15) is 49.9 Å². The second-order valence-corrected chi connectivity index (χ2v) is 8.18. The number of carbonyl (C=O) groups excluding carboxylic acids is 1. The number of amides is 1. The summed E-state index contributed by atoms with van der Waals surface area (Å²) >= 11 is 0. The van der Waals surface area contributed by atoms with Gasteiger partial charge in [0.05, 0.1) is 4.90 Å². The highest BCUT2D eigenvalue weighted by molar-refractivity contribution is 7.89. The molecular weight excluding hydrogens is 312 g/mol. The molecule has 5 nitrogen and oxygen atoms in total. The maximum absolute atomic E-state index is 12.7. The van der Waals surface area contributed by atoms with Crippen LogP contribution < -0.4 is 5.32 Å². The highest BCUT2D eigenvalue weighted by atomic mass is 32.2. The van der Waals surface area contributed by atoms with Gasteiger partial charge in [0.25, 0.3) is 5.91 Å². The predicted molar refractivity (Wildman–Crippen MR) is 90.8 cm³/mol. The molecule has 1 aliphatic heterocycles. The van der Waals surface area contributed by atoms with Gasteiger partial charge in [-0.05, 0) is 49.4 Å². The Kier molecular flexibility index (Phi) is 6.18. The molecule has 1 aromatic carbocycles. The van der Waals surface area contributed by atoms with Crippen molar-refractivity contribution in [3.05, 3.63) is 29.8 Å². The largest absolute Gasteiger partial charge is 0.352 e. The SMILES string of the molecule is CCCCNC(=O)c1ccc(S(=O)(=O)N2CCCC(C)C2)cc1. The molecule has 1 unspecified atom stereocenters. The van der Waals surface area contributed by atoms with E-state index < -0.39 is 10.0 Å². The zero-order chi connectivity index (χ0) is 16.9. The summed E-state index contributed by atoms with van der Waals surface area (Å²) in [5.74, 6) is 0.233. The highest BCUT2D eigenvalue weighted by Crippen LogP contribution is 2.23. The van der Waals surface area contributed by atoms with Crippen molar-refractivity contribution in [1.82, 2.24) is 9.62 Å². The molecule has 23 heavy (non-hydrogen) atoms. The molecule has 128 valence electrons. The van der Waals surface area contributed by atoms with Gasteiger partial charge in [-0.25, -0.2) is 8.42 Å². The van der Waals surface area contributed by atoms with Gasteiger partial charge < -0.3 is 5.32 Å². The molecule has 1 aliphatic rings. The van der Waals surface area contributed by atoms with Crippen molar-refractivity contribution >= 4 is 15.9 Å². The van der Waals surface area contributed by atoms with Crippen molar-refractivity contribution in [2.45, 2.75) is 44.4 Å². The van der Waals surface area contributed by atoms with Crippen LogP contribution in [0.2, 0.25) is 0 Å². The van der Waals surface area contributed by atoms with Crippen molar-refractivity contribution in [1.29, 1.82) is 0 Å². The van der Waals surface area contributed by atoms with Crippen LogP contribution in [0.3, 0.4) is 0 Å². The molecule has 0 bridgehead atoms. The number of sulfonamides is 1. The van der Waals surface area contributed by atoms with Crippen LogP contribution in [-0.2, 0) is 10.0 Å². The van der Waals surface area contributed by atoms with Crippen LogP contribution in [0.4, 0.5) is 0 Å². The molecular formula is C17H26N2O3S. The Morgan fingerprint density at radius 3 is 2.61 bits per heavy atom. The highest BCUT2D eigenvalue weighted by Gasteiger charge is 2.28. The summed E-state index contributed by atoms with van der Waals surface area (Å²) in [6.07, 6.45) is 3.93. The van der Waals surface area contributed by atoms with Crippen LogP contribution >= 0.6 is 0 Å². The van der Waals surface area contributed by atoms with E-state index in [0.717, 1.165) is 25.7 Å². The van der Waals surface area contributed by atoms with Gasteiger partial charge in [0.1, 0.15) is 0 Å². The maximum atomic E-state index is 12.7. The lowest BCUT2D eigenvalue weighted by atomic mass is 10.0. The van der Waals surface area contributed by atoms with Gasteiger partial charge >= 0.3 is 0 Å². The van der Waals surface area contributed by atoms with E-state index in [-0.39, 0.29) is 10.8 Å². The van der Waals surface area contributed by atoms with E-state index in [4.69, 9.17) is 0 Å². The number of unbranched alkanes of at least 4 members (excludes halogenated alkanes) is 1. The summed E-state index contributed by atoms with van der Waals surface area (Å²) in [7, 11) is -3.46. The summed E-state index contributed by atoms with van der Waals surface area (Å²) in [5.41, 5.74) is 0.493. The first kappa shape index (κ1) is 17.9. The zero-order valence-corrected chi connectivity index (χ0v) is 14.7. The number of nitrogens with one attached hydrogen (secondary N) is 1. The molecule has 1 heterocycles. The van der Waals surface area contributed by atoms with E-state index >= 15 is 0 Å². The van der Waals surface area contributed by atoms with Gasteiger partial charge in [0, 0.05) is 25.2 Å². The molecule has 0 spiro atoms. The second-order valence-electron chi connectivity index (χ2n) is 6.24. The van der Waals surface area contributed by atoms with Gasteiger partial charge in [0.2, 0.25) is 10.0 Å². The Morgan fingerprint density at radius 2 is 2.00 bits per heavy atom. The first-order valence-corrected chi connectivity index (χ1v) is 9.77. The summed E-state index contributed by atoms with van der Waals surface area (Å²) < 4.78 is 26.9. The van der Waals surface area contributed by atoms with Crippen LogP contribution in [0.5, 0.6) is 0 Å². The van der Waals surface area contributed by atoms with Gasteiger partial charge in [-0.1, -0.05) is 20.3 Å². The lowest BCUT2D eigenvalue weighted by Gasteiger charge is -2.30. The van der Waals surface area contributed by atoms with E-state index in [0.29, 0.717) is 31.1 Å². The van der Waals surface area contributed by atoms with E-state index in [1.54, 1.807) is 16.4 Å². The maximum Gasteiger partial charge on any atom is 0.251 e. The third-order valence-corrected chi connectivity index (χ3v) is 6.07. The first-order chi connectivity index (χ1) is 10.9. The molecule has 6 heteroatoms. The van der Waals surface area contributed by atoms with Crippen LogP contribution in [0.25, 0.3) is 0 Å². The fourth-order valence-electron chi connectivity index (χ4n) is 2.77. The third kappa shape index (κ3) is 4.54. The van der Waals surface area contributed by atoms with Crippen LogP contribution in [-0.4, -0.2) is 38.3 Å². The molecule has 0 radical (unpaired) electrons. The number of nitrogens with zero attached hydrogens (tertiary/aromatic N) is 1. The van der Waals surface area contributed by atoms with E-state index in [1.807, 2.05) is 0 Å². The van der Waals surface area contributed by atoms with Crippen molar-refractivity contribution in [3.8, 4) is 0 Å². The number of carbonyl (C=O) groups is 1. The zero-order valence-electron chi connectivity index (χ0n) is 13.9. The second kappa shape index (κ2) is 7.93. The molecule has 1 atom stereocenters. The normalized spacial score (nSPS) is 19.5. The average molecular weight is 338 g/mol. The number of hydrogen-bond donors (Lipinski definition) is 1. The average Bonchev–Trinajstić information content (AvgIpc) is 2.55. The summed E-state index contributed by atoms with van der Waals surface area (Å²) in [4.78, 5) is 12.2. The van der Waals surface area contributed by atoms with Gasteiger partial charge in [-0.2, -0.15) is 4.31 Å². The molecule has 1 amide bonds. The quantitative estimate of drug-likeness (QED) is 0.811. The number of benzene rings is 1. The molecule has 1 saturated heterocycles. The third-order valence-electron chi connectivity index (χ3n) is 4.19. The Bertz CT molecular complexity index is 626. The molecule has 2 rings (SSSR count).